The van der Waals surface area contributed by atoms with Gasteiger partial charge < -0.3 is 10.2 Å². The third-order valence-electron chi connectivity index (χ3n) is 5.86. The number of nitrogens with one attached hydrogen (secondary N) is 1. The Morgan fingerprint density at radius 1 is 0.800 bits per heavy atom. The molecule has 0 saturated carbocycles. The molecule has 1 aromatic carbocycles. The van der Waals surface area contributed by atoms with Gasteiger partial charge in [0.1, 0.15) is 0 Å². The smallest absolute Gasteiger partial charge is 0.151 e. The molecule has 1 aliphatic heterocycles. The fraction of sp³-hybridized carbons (Fsp3) is 0.400. The highest BCUT2D eigenvalue weighted by Gasteiger charge is 2.39. The maximum atomic E-state index is 4.60. The van der Waals surface area contributed by atoms with Crippen LogP contribution in [0.1, 0.15) is 40.5 Å². The number of piperidine rings is 1. The first kappa shape index (κ1) is 20.5. The Bertz CT molecular complexity index is 962. The molecule has 1 saturated heterocycles. The van der Waals surface area contributed by atoms with Crippen LogP contribution < -0.4 is 10.2 Å². The van der Waals surface area contributed by atoms with Gasteiger partial charge in [-0.15, -0.1) is 10.2 Å². The van der Waals surface area contributed by atoms with E-state index in [1.54, 1.807) is 0 Å². The summed E-state index contributed by atoms with van der Waals surface area (Å²) in [6.45, 7) is 9.09. The molecular formula is C25H31N5. The molecule has 156 valence electrons. The zero-order valence-electron chi connectivity index (χ0n) is 18.6. The number of benzene rings is 1. The highest BCUT2D eigenvalue weighted by molar-refractivity contribution is 5.64. The van der Waals surface area contributed by atoms with E-state index in [1.165, 1.54) is 0 Å². The second-order valence-electron chi connectivity index (χ2n) is 9.64. The number of anilines is 1. The van der Waals surface area contributed by atoms with Crippen molar-refractivity contribution in [3.8, 4) is 22.5 Å². The van der Waals surface area contributed by atoms with Gasteiger partial charge in [0.25, 0.3) is 0 Å². The van der Waals surface area contributed by atoms with Gasteiger partial charge in [0.15, 0.2) is 5.82 Å². The van der Waals surface area contributed by atoms with E-state index in [9.17, 15) is 0 Å². The van der Waals surface area contributed by atoms with E-state index in [0.717, 1.165) is 41.2 Å². The van der Waals surface area contributed by atoms with E-state index in [2.05, 4.69) is 84.4 Å². The first-order chi connectivity index (χ1) is 14.2. The molecule has 30 heavy (non-hydrogen) atoms. The topological polar surface area (TPSA) is 53.9 Å². The van der Waals surface area contributed by atoms with E-state index >= 15 is 0 Å². The molecule has 0 unspecified atom stereocenters. The molecule has 4 rings (SSSR count). The van der Waals surface area contributed by atoms with Gasteiger partial charge >= 0.3 is 0 Å². The molecule has 0 atom stereocenters. The summed E-state index contributed by atoms with van der Waals surface area (Å²) in [4.78, 5) is 6.88. The maximum absolute atomic E-state index is 4.60. The maximum Gasteiger partial charge on any atom is 0.151 e. The predicted octanol–water partition coefficient (Wildman–Crippen LogP) is 4.95. The quantitative estimate of drug-likeness (QED) is 0.670. The number of nitrogens with zero attached hydrogens (tertiary/aromatic N) is 4. The summed E-state index contributed by atoms with van der Waals surface area (Å²) < 4.78 is 0. The van der Waals surface area contributed by atoms with Gasteiger partial charge in [-0.2, -0.15) is 0 Å². The monoisotopic (exact) mass is 401 g/mol. The molecule has 1 N–H and O–H groups in total. The Hall–Kier alpha value is -2.79. The summed E-state index contributed by atoms with van der Waals surface area (Å²) in [6.07, 6.45) is 4.01. The molecule has 3 aromatic rings. The van der Waals surface area contributed by atoms with Crippen LogP contribution in [0.5, 0.6) is 0 Å². The van der Waals surface area contributed by atoms with Crippen molar-refractivity contribution >= 4 is 5.82 Å². The summed E-state index contributed by atoms with van der Waals surface area (Å²) in [7, 11) is 2.13. The molecule has 0 bridgehead atoms. The Morgan fingerprint density at radius 3 is 2.03 bits per heavy atom. The minimum absolute atomic E-state index is 0.0974. The lowest BCUT2D eigenvalue weighted by atomic mass is 9.79. The van der Waals surface area contributed by atoms with Crippen molar-refractivity contribution in [1.29, 1.82) is 0 Å². The Kier molecular flexibility index (Phi) is 5.33. The van der Waals surface area contributed by atoms with Crippen LogP contribution in [-0.2, 0) is 0 Å². The average Bonchev–Trinajstić information content (AvgIpc) is 2.72. The molecule has 0 spiro atoms. The minimum atomic E-state index is 0.0974. The summed E-state index contributed by atoms with van der Waals surface area (Å²) in [5.74, 6) is 0.908. The molecule has 0 aliphatic carbocycles. The third kappa shape index (κ3) is 4.51. The number of hydrogen-bond donors (Lipinski definition) is 1. The van der Waals surface area contributed by atoms with Crippen molar-refractivity contribution in [2.45, 2.75) is 57.7 Å². The SMILES string of the molecule is CN(c1ccc(-c2ccc(-c3ccccc3)nc2)nn1)C1CC(C)(C)NC(C)(C)C1. The molecular weight excluding hydrogens is 370 g/mol. The fourth-order valence-electron chi connectivity index (χ4n) is 4.72. The van der Waals surface area contributed by atoms with Crippen LogP contribution in [0.3, 0.4) is 0 Å². The third-order valence-corrected chi connectivity index (χ3v) is 5.86. The van der Waals surface area contributed by atoms with E-state index in [4.69, 9.17) is 0 Å². The summed E-state index contributed by atoms with van der Waals surface area (Å²) >= 11 is 0. The molecule has 1 aliphatic rings. The van der Waals surface area contributed by atoms with Gasteiger partial charge in [-0.3, -0.25) is 4.98 Å². The Morgan fingerprint density at radius 2 is 1.47 bits per heavy atom. The lowest BCUT2D eigenvalue weighted by Crippen LogP contribution is -2.62. The lowest BCUT2D eigenvalue weighted by Gasteiger charge is -2.49. The van der Waals surface area contributed by atoms with Crippen molar-refractivity contribution in [2.24, 2.45) is 0 Å². The van der Waals surface area contributed by atoms with Crippen LogP contribution in [-0.4, -0.2) is 39.3 Å². The fourth-order valence-corrected chi connectivity index (χ4v) is 4.72. The minimum Gasteiger partial charge on any atom is -0.355 e. The van der Waals surface area contributed by atoms with Gasteiger partial charge in [0, 0.05) is 41.5 Å². The molecule has 0 radical (unpaired) electrons. The van der Waals surface area contributed by atoms with E-state index in [-0.39, 0.29) is 11.1 Å². The number of aromatic nitrogens is 3. The Labute approximate surface area is 179 Å². The molecule has 2 aromatic heterocycles. The average molecular weight is 402 g/mol. The van der Waals surface area contributed by atoms with Crippen LogP contribution >= 0.6 is 0 Å². The second kappa shape index (κ2) is 7.80. The normalized spacial score (nSPS) is 18.2. The van der Waals surface area contributed by atoms with Gasteiger partial charge in [-0.1, -0.05) is 30.3 Å². The lowest BCUT2D eigenvalue weighted by molar-refractivity contribution is 0.160. The molecule has 5 heteroatoms. The highest BCUT2D eigenvalue weighted by atomic mass is 15.3. The van der Waals surface area contributed by atoms with Crippen LogP contribution in [0.25, 0.3) is 22.5 Å². The summed E-state index contributed by atoms with van der Waals surface area (Å²) in [6, 6.07) is 18.8. The predicted molar refractivity (Wildman–Crippen MR) is 123 cm³/mol. The second-order valence-corrected chi connectivity index (χ2v) is 9.64. The highest BCUT2D eigenvalue weighted by Crippen LogP contribution is 2.32. The standard InChI is InChI=1S/C25H31N5/c1-24(2)15-20(16-25(3,4)29-24)30(5)23-14-13-22(27-28-23)19-11-12-21(26-17-19)18-9-7-6-8-10-18/h6-14,17,20,29H,15-16H2,1-5H3. The van der Waals surface area contributed by atoms with Gasteiger partial charge in [0.2, 0.25) is 0 Å². The van der Waals surface area contributed by atoms with Crippen molar-refractivity contribution in [1.82, 2.24) is 20.5 Å². The van der Waals surface area contributed by atoms with Crippen molar-refractivity contribution in [3.63, 3.8) is 0 Å². The summed E-state index contributed by atoms with van der Waals surface area (Å²) in [5.41, 5.74) is 4.07. The van der Waals surface area contributed by atoms with Crippen molar-refractivity contribution in [3.05, 3.63) is 60.8 Å². The zero-order valence-corrected chi connectivity index (χ0v) is 18.6. The van der Waals surface area contributed by atoms with Crippen molar-refractivity contribution < 1.29 is 0 Å². The van der Waals surface area contributed by atoms with Gasteiger partial charge in [0.05, 0.1) is 11.4 Å². The van der Waals surface area contributed by atoms with Gasteiger partial charge in [-0.05, 0) is 64.8 Å². The van der Waals surface area contributed by atoms with Crippen LogP contribution in [0, 0.1) is 0 Å². The van der Waals surface area contributed by atoms with Crippen LogP contribution in [0.4, 0.5) is 5.82 Å². The van der Waals surface area contributed by atoms with Gasteiger partial charge in [-0.25, -0.2) is 0 Å². The summed E-state index contributed by atoms with van der Waals surface area (Å²) in [5, 5.41) is 12.8. The van der Waals surface area contributed by atoms with E-state index in [0.29, 0.717) is 6.04 Å². The number of hydrogen-bond acceptors (Lipinski definition) is 5. The Balaban J connectivity index is 1.50. The molecule has 1 fully saturated rings. The largest absolute Gasteiger partial charge is 0.355 e. The molecule has 3 heterocycles. The van der Waals surface area contributed by atoms with E-state index < -0.39 is 0 Å². The first-order valence-corrected chi connectivity index (χ1v) is 10.6. The molecule has 5 nitrogen and oxygen atoms in total. The molecule has 0 amide bonds. The number of pyridine rings is 1. The zero-order chi connectivity index (χ0) is 21.4. The van der Waals surface area contributed by atoms with E-state index in [1.807, 2.05) is 36.5 Å². The van der Waals surface area contributed by atoms with Crippen LogP contribution in [0.2, 0.25) is 0 Å². The van der Waals surface area contributed by atoms with Crippen LogP contribution in [0.15, 0.2) is 60.8 Å². The van der Waals surface area contributed by atoms with Crippen molar-refractivity contribution in [2.75, 3.05) is 11.9 Å². The number of rotatable bonds is 4. The first-order valence-electron chi connectivity index (χ1n) is 10.6.